The molecule has 0 aliphatic carbocycles. The van der Waals surface area contributed by atoms with Crippen molar-refractivity contribution < 1.29 is 23.9 Å². The Kier molecular flexibility index (Phi) is 6.86. The predicted molar refractivity (Wildman–Crippen MR) is 106 cm³/mol. The van der Waals surface area contributed by atoms with Gasteiger partial charge in [0.1, 0.15) is 5.60 Å². The Morgan fingerprint density at radius 2 is 1.68 bits per heavy atom. The van der Waals surface area contributed by atoms with Gasteiger partial charge in [0.2, 0.25) is 5.78 Å². The number of Topliss-reactive ketones (excluding diaryl/α,β-unsaturated/α-hetero) is 1. The second-order valence-corrected chi connectivity index (χ2v) is 8.48. The first-order valence-electron chi connectivity index (χ1n) is 9.78. The lowest BCUT2D eigenvalue weighted by molar-refractivity contribution is -0.152. The Balaban J connectivity index is 1.87. The van der Waals surface area contributed by atoms with Crippen molar-refractivity contribution in [3.63, 3.8) is 0 Å². The molecule has 6 nitrogen and oxygen atoms in total. The van der Waals surface area contributed by atoms with E-state index in [1.807, 2.05) is 46.8 Å². The minimum Gasteiger partial charge on any atom is -0.454 e. The van der Waals surface area contributed by atoms with Crippen LogP contribution in [0.1, 0.15) is 62.0 Å². The van der Waals surface area contributed by atoms with Crippen LogP contribution in [-0.2, 0) is 14.3 Å². The maximum atomic E-state index is 12.6. The first-order valence-corrected chi connectivity index (χ1v) is 9.78. The van der Waals surface area contributed by atoms with Crippen LogP contribution in [0.2, 0.25) is 0 Å². The average Bonchev–Trinajstić information content (AvgIpc) is 2.62. The van der Waals surface area contributed by atoms with Gasteiger partial charge in [0.05, 0.1) is 5.92 Å². The van der Waals surface area contributed by atoms with Gasteiger partial charge in [-0.05, 0) is 71.6 Å². The van der Waals surface area contributed by atoms with Gasteiger partial charge in [-0.2, -0.15) is 0 Å². The summed E-state index contributed by atoms with van der Waals surface area (Å²) >= 11 is 0. The maximum Gasteiger partial charge on any atom is 0.410 e. The van der Waals surface area contributed by atoms with Gasteiger partial charge in [0.15, 0.2) is 6.10 Å². The van der Waals surface area contributed by atoms with Crippen molar-refractivity contribution in [2.75, 3.05) is 13.1 Å². The summed E-state index contributed by atoms with van der Waals surface area (Å²) in [6.07, 6.45) is -0.193. The first-order chi connectivity index (χ1) is 13.0. The predicted octanol–water partition coefficient (Wildman–Crippen LogP) is 4.06. The number of hydrogen-bond donors (Lipinski definition) is 0. The summed E-state index contributed by atoms with van der Waals surface area (Å²) < 4.78 is 10.8. The zero-order valence-electron chi connectivity index (χ0n) is 17.7. The zero-order chi connectivity index (χ0) is 21.1. The highest BCUT2D eigenvalue weighted by Crippen LogP contribution is 2.22. The third-order valence-electron chi connectivity index (χ3n) is 4.93. The van der Waals surface area contributed by atoms with Gasteiger partial charge in [-0.3, -0.25) is 9.59 Å². The molecule has 28 heavy (non-hydrogen) atoms. The third-order valence-corrected chi connectivity index (χ3v) is 4.93. The molecule has 0 aromatic heterocycles. The molecule has 1 heterocycles. The minimum atomic E-state index is -0.835. The van der Waals surface area contributed by atoms with E-state index in [1.165, 1.54) is 0 Å². The van der Waals surface area contributed by atoms with E-state index in [9.17, 15) is 14.4 Å². The van der Waals surface area contributed by atoms with E-state index in [-0.39, 0.29) is 23.8 Å². The molecule has 1 fully saturated rings. The van der Waals surface area contributed by atoms with Crippen molar-refractivity contribution in [2.24, 2.45) is 5.92 Å². The van der Waals surface area contributed by atoms with Crippen molar-refractivity contribution in [2.45, 2.75) is 66.1 Å². The molecule has 2 rings (SSSR count). The molecule has 1 saturated heterocycles. The van der Waals surface area contributed by atoms with Crippen LogP contribution in [-0.4, -0.2) is 47.5 Å². The Morgan fingerprint density at radius 1 is 1.07 bits per heavy atom. The molecule has 0 radical (unpaired) electrons. The molecule has 6 heteroatoms. The lowest BCUT2D eigenvalue weighted by atomic mass is 9.97. The molecule has 0 saturated carbocycles. The van der Waals surface area contributed by atoms with Crippen LogP contribution in [0.15, 0.2) is 18.2 Å². The number of rotatable bonds is 4. The van der Waals surface area contributed by atoms with E-state index in [0.717, 1.165) is 11.1 Å². The van der Waals surface area contributed by atoms with E-state index in [2.05, 4.69) is 0 Å². The highest BCUT2D eigenvalue weighted by atomic mass is 16.6. The van der Waals surface area contributed by atoms with Gasteiger partial charge < -0.3 is 14.4 Å². The lowest BCUT2D eigenvalue weighted by Gasteiger charge is -2.32. The Morgan fingerprint density at radius 3 is 2.21 bits per heavy atom. The smallest absolute Gasteiger partial charge is 0.410 e. The van der Waals surface area contributed by atoms with Crippen LogP contribution >= 0.6 is 0 Å². The largest absolute Gasteiger partial charge is 0.454 e. The highest BCUT2D eigenvalue weighted by molar-refractivity contribution is 6.00. The molecule has 1 aromatic carbocycles. The molecule has 1 aliphatic rings. The monoisotopic (exact) mass is 389 g/mol. The quantitative estimate of drug-likeness (QED) is 0.573. The molecule has 0 unspecified atom stereocenters. The zero-order valence-corrected chi connectivity index (χ0v) is 17.7. The van der Waals surface area contributed by atoms with Crippen molar-refractivity contribution in [3.8, 4) is 0 Å². The number of aryl methyl sites for hydroxylation is 2. The number of ketones is 1. The number of nitrogens with zero attached hydrogens (tertiary/aromatic N) is 1. The fourth-order valence-corrected chi connectivity index (χ4v) is 3.08. The summed E-state index contributed by atoms with van der Waals surface area (Å²) in [7, 11) is 0. The maximum absolute atomic E-state index is 12.6. The van der Waals surface area contributed by atoms with E-state index >= 15 is 0 Å². The Bertz CT molecular complexity index is 742. The van der Waals surface area contributed by atoms with Crippen LogP contribution in [0.25, 0.3) is 0 Å². The summed E-state index contributed by atoms with van der Waals surface area (Å²) in [6.45, 7) is 11.9. The normalized spacial score (nSPS) is 16.4. The average molecular weight is 389 g/mol. The number of hydrogen-bond acceptors (Lipinski definition) is 5. The summed E-state index contributed by atoms with van der Waals surface area (Å²) in [5, 5.41) is 0. The molecular formula is C22H31NO5. The SMILES string of the molecule is Cc1ccc(C(=O)[C@@H](C)OC(=O)C2CCN(C(=O)OC(C)(C)C)CC2)cc1C. The van der Waals surface area contributed by atoms with Gasteiger partial charge in [0.25, 0.3) is 0 Å². The van der Waals surface area contributed by atoms with Crippen molar-refractivity contribution in [3.05, 3.63) is 34.9 Å². The fourth-order valence-electron chi connectivity index (χ4n) is 3.08. The topological polar surface area (TPSA) is 72.9 Å². The Hall–Kier alpha value is -2.37. The molecule has 1 aromatic rings. The molecule has 1 atom stereocenters. The van der Waals surface area contributed by atoms with Gasteiger partial charge in [-0.25, -0.2) is 4.79 Å². The first kappa shape index (κ1) is 21.9. The van der Waals surface area contributed by atoms with Gasteiger partial charge >= 0.3 is 12.1 Å². The second kappa shape index (κ2) is 8.76. The van der Waals surface area contributed by atoms with E-state index in [1.54, 1.807) is 17.9 Å². The Labute approximate surface area is 167 Å². The molecule has 1 amide bonds. The molecular weight excluding hydrogens is 358 g/mol. The minimum absolute atomic E-state index is 0.206. The number of carbonyl (C=O) groups excluding carboxylic acids is 3. The summed E-state index contributed by atoms with van der Waals surface area (Å²) in [6, 6.07) is 5.47. The summed E-state index contributed by atoms with van der Waals surface area (Å²) in [4.78, 5) is 38.7. The molecule has 0 N–H and O–H groups in total. The number of esters is 1. The van der Waals surface area contributed by atoms with E-state index < -0.39 is 11.7 Å². The third kappa shape index (κ3) is 5.81. The highest BCUT2D eigenvalue weighted by Gasteiger charge is 2.32. The van der Waals surface area contributed by atoms with Crippen LogP contribution in [0.3, 0.4) is 0 Å². The molecule has 0 bridgehead atoms. The van der Waals surface area contributed by atoms with Gasteiger partial charge in [-0.15, -0.1) is 0 Å². The molecule has 0 spiro atoms. The van der Waals surface area contributed by atoms with E-state index in [4.69, 9.17) is 9.47 Å². The van der Waals surface area contributed by atoms with E-state index in [0.29, 0.717) is 31.5 Å². The number of amides is 1. The molecule has 1 aliphatic heterocycles. The summed E-state index contributed by atoms with van der Waals surface area (Å²) in [5.74, 6) is -0.898. The van der Waals surface area contributed by atoms with Crippen molar-refractivity contribution in [1.29, 1.82) is 0 Å². The lowest BCUT2D eigenvalue weighted by Crippen LogP contribution is -2.43. The number of piperidine rings is 1. The number of ether oxygens (including phenoxy) is 2. The number of likely N-dealkylation sites (tertiary alicyclic amines) is 1. The second-order valence-electron chi connectivity index (χ2n) is 8.48. The molecule has 154 valence electrons. The summed E-state index contributed by atoms with van der Waals surface area (Å²) in [5.41, 5.74) is 2.14. The fraction of sp³-hybridized carbons (Fsp3) is 0.591. The van der Waals surface area contributed by atoms with Crippen LogP contribution in [0, 0.1) is 19.8 Å². The van der Waals surface area contributed by atoms with Gasteiger partial charge in [0, 0.05) is 18.7 Å². The van der Waals surface area contributed by atoms with Crippen LogP contribution < -0.4 is 0 Å². The standard InChI is InChI=1S/C22H31NO5/c1-14-7-8-18(13-15(14)2)19(24)16(3)27-20(25)17-9-11-23(12-10-17)21(26)28-22(4,5)6/h7-8,13,16-17H,9-12H2,1-6H3/t16-/m1/s1. The van der Waals surface area contributed by atoms with Crippen LogP contribution in [0.5, 0.6) is 0 Å². The van der Waals surface area contributed by atoms with Crippen molar-refractivity contribution in [1.82, 2.24) is 4.90 Å². The van der Waals surface area contributed by atoms with Crippen LogP contribution in [0.4, 0.5) is 4.79 Å². The van der Waals surface area contributed by atoms with Gasteiger partial charge in [-0.1, -0.05) is 12.1 Å². The van der Waals surface area contributed by atoms with Crippen molar-refractivity contribution >= 4 is 17.8 Å². The number of carbonyl (C=O) groups is 3. The number of benzene rings is 1.